The van der Waals surface area contributed by atoms with Gasteiger partial charge in [0.05, 0.1) is 6.61 Å². The summed E-state index contributed by atoms with van der Waals surface area (Å²) in [6, 6.07) is 17.2. The summed E-state index contributed by atoms with van der Waals surface area (Å²) in [5.41, 5.74) is 5.13. The average molecular weight is 268 g/mol. The van der Waals surface area contributed by atoms with Crippen LogP contribution in [0.4, 0.5) is 0 Å². The number of hydrogen-bond donors (Lipinski definition) is 1. The van der Waals surface area contributed by atoms with Crippen molar-refractivity contribution in [3.8, 4) is 0 Å². The smallest absolute Gasteiger partial charge is 0.0502 e. The van der Waals surface area contributed by atoms with Gasteiger partial charge in [0, 0.05) is 5.92 Å². The molecule has 0 aliphatic rings. The number of aliphatic hydroxyl groups excluding tert-OH is 1. The normalized spacial score (nSPS) is 12.7. The van der Waals surface area contributed by atoms with Gasteiger partial charge < -0.3 is 5.11 Å². The maximum absolute atomic E-state index is 9.69. The van der Waals surface area contributed by atoms with E-state index < -0.39 is 0 Å². The van der Waals surface area contributed by atoms with Crippen LogP contribution in [0, 0.1) is 6.92 Å². The second-order valence-electron chi connectivity index (χ2n) is 5.89. The highest BCUT2D eigenvalue weighted by atomic mass is 16.3. The zero-order chi connectivity index (χ0) is 14.5. The lowest BCUT2D eigenvalue weighted by atomic mass is 9.90. The van der Waals surface area contributed by atoms with Crippen LogP contribution in [-0.4, -0.2) is 11.7 Å². The van der Waals surface area contributed by atoms with Gasteiger partial charge in [0.1, 0.15) is 0 Å². The molecule has 106 valence electrons. The SMILES string of the molecule is Cc1cccc(CC(CO)c2ccc(C(C)C)cc2)c1. The minimum Gasteiger partial charge on any atom is -0.396 e. The molecule has 1 nitrogen and oxygen atoms in total. The maximum atomic E-state index is 9.69. The summed E-state index contributed by atoms with van der Waals surface area (Å²) in [5, 5.41) is 9.69. The van der Waals surface area contributed by atoms with Crippen molar-refractivity contribution in [1.82, 2.24) is 0 Å². The van der Waals surface area contributed by atoms with Crippen LogP contribution in [0.5, 0.6) is 0 Å². The molecule has 2 aromatic rings. The summed E-state index contributed by atoms with van der Waals surface area (Å²) in [6.45, 7) is 6.69. The zero-order valence-electron chi connectivity index (χ0n) is 12.6. The lowest BCUT2D eigenvalue weighted by molar-refractivity contribution is 0.264. The first-order chi connectivity index (χ1) is 9.60. The van der Waals surface area contributed by atoms with Gasteiger partial charge in [-0.1, -0.05) is 67.9 Å². The first-order valence-corrected chi connectivity index (χ1v) is 7.36. The second-order valence-corrected chi connectivity index (χ2v) is 5.89. The van der Waals surface area contributed by atoms with Gasteiger partial charge in [-0.3, -0.25) is 0 Å². The van der Waals surface area contributed by atoms with E-state index in [9.17, 15) is 5.11 Å². The van der Waals surface area contributed by atoms with E-state index in [-0.39, 0.29) is 12.5 Å². The number of aryl methyl sites for hydroxylation is 1. The highest BCUT2D eigenvalue weighted by Gasteiger charge is 2.12. The Kier molecular flexibility index (Phi) is 4.97. The zero-order valence-corrected chi connectivity index (χ0v) is 12.6. The van der Waals surface area contributed by atoms with Crippen molar-refractivity contribution < 1.29 is 5.11 Å². The summed E-state index contributed by atoms with van der Waals surface area (Å²) >= 11 is 0. The lowest BCUT2D eigenvalue weighted by Crippen LogP contribution is -2.08. The first kappa shape index (κ1) is 14.8. The van der Waals surface area contributed by atoms with Crippen molar-refractivity contribution in [3.63, 3.8) is 0 Å². The van der Waals surface area contributed by atoms with Gasteiger partial charge >= 0.3 is 0 Å². The topological polar surface area (TPSA) is 20.2 Å². The van der Waals surface area contributed by atoms with Crippen LogP contribution in [0.15, 0.2) is 48.5 Å². The van der Waals surface area contributed by atoms with Crippen LogP contribution in [0.2, 0.25) is 0 Å². The summed E-state index contributed by atoms with van der Waals surface area (Å²) < 4.78 is 0. The van der Waals surface area contributed by atoms with Crippen molar-refractivity contribution >= 4 is 0 Å². The van der Waals surface area contributed by atoms with E-state index in [1.165, 1.54) is 22.3 Å². The van der Waals surface area contributed by atoms with E-state index in [1.807, 2.05) is 0 Å². The summed E-state index contributed by atoms with van der Waals surface area (Å²) in [5.74, 6) is 0.728. The molecule has 1 N–H and O–H groups in total. The van der Waals surface area contributed by atoms with Gasteiger partial charge in [0.15, 0.2) is 0 Å². The molecule has 0 aromatic heterocycles. The Balaban J connectivity index is 2.15. The predicted octanol–water partition coefficient (Wildman–Crippen LogP) is 4.44. The monoisotopic (exact) mass is 268 g/mol. The fraction of sp³-hybridized carbons (Fsp3) is 0.368. The van der Waals surface area contributed by atoms with E-state index in [4.69, 9.17) is 0 Å². The molecule has 0 heterocycles. The number of aliphatic hydroxyl groups is 1. The fourth-order valence-corrected chi connectivity index (χ4v) is 2.56. The van der Waals surface area contributed by atoms with Crippen molar-refractivity contribution in [2.24, 2.45) is 0 Å². The van der Waals surface area contributed by atoms with E-state index in [2.05, 4.69) is 69.3 Å². The molecule has 0 saturated heterocycles. The van der Waals surface area contributed by atoms with Crippen LogP contribution in [0.1, 0.15) is 47.9 Å². The third kappa shape index (κ3) is 3.71. The Morgan fingerprint density at radius 3 is 2.15 bits per heavy atom. The maximum Gasteiger partial charge on any atom is 0.0502 e. The summed E-state index contributed by atoms with van der Waals surface area (Å²) in [4.78, 5) is 0. The van der Waals surface area contributed by atoms with Crippen LogP contribution < -0.4 is 0 Å². The highest BCUT2D eigenvalue weighted by molar-refractivity contribution is 5.30. The molecular weight excluding hydrogens is 244 g/mol. The molecule has 2 rings (SSSR count). The van der Waals surface area contributed by atoms with E-state index in [1.54, 1.807) is 0 Å². The molecule has 1 atom stereocenters. The Hall–Kier alpha value is -1.60. The lowest BCUT2D eigenvalue weighted by Gasteiger charge is -2.16. The van der Waals surface area contributed by atoms with Crippen LogP contribution >= 0.6 is 0 Å². The van der Waals surface area contributed by atoms with Gasteiger partial charge in [-0.2, -0.15) is 0 Å². The first-order valence-electron chi connectivity index (χ1n) is 7.36. The van der Waals surface area contributed by atoms with Crippen LogP contribution in [0.3, 0.4) is 0 Å². The molecule has 0 amide bonds. The van der Waals surface area contributed by atoms with Gasteiger partial charge in [-0.15, -0.1) is 0 Å². The van der Waals surface area contributed by atoms with E-state index in [0.717, 1.165) is 6.42 Å². The standard InChI is InChI=1S/C19H24O/c1-14(2)17-7-9-18(10-8-17)19(13-20)12-16-6-4-5-15(3)11-16/h4-11,14,19-20H,12-13H2,1-3H3. The quantitative estimate of drug-likeness (QED) is 0.850. The molecular formula is C19H24O. The van der Waals surface area contributed by atoms with Crippen molar-refractivity contribution in [1.29, 1.82) is 0 Å². The van der Waals surface area contributed by atoms with E-state index >= 15 is 0 Å². The van der Waals surface area contributed by atoms with Crippen molar-refractivity contribution in [2.75, 3.05) is 6.61 Å². The molecule has 0 fully saturated rings. The largest absolute Gasteiger partial charge is 0.396 e. The molecule has 2 aromatic carbocycles. The fourth-order valence-electron chi connectivity index (χ4n) is 2.56. The van der Waals surface area contributed by atoms with Gasteiger partial charge in [-0.25, -0.2) is 0 Å². The minimum atomic E-state index is 0.179. The third-order valence-electron chi connectivity index (χ3n) is 3.86. The van der Waals surface area contributed by atoms with Crippen LogP contribution in [0.25, 0.3) is 0 Å². The molecule has 20 heavy (non-hydrogen) atoms. The Bertz CT molecular complexity index is 540. The molecule has 0 radical (unpaired) electrons. The molecule has 0 aliphatic carbocycles. The molecule has 1 unspecified atom stereocenters. The molecule has 0 aliphatic heterocycles. The summed E-state index contributed by atoms with van der Waals surface area (Å²) in [6.07, 6.45) is 0.888. The molecule has 0 bridgehead atoms. The molecule has 0 spiro atoms. The van der Waals surface area contributed by atoms with Gasteiger partial charge in [0.25, 0.3) is 0 Å². The van der Waals surface area contributed by atoms with Crippen molar-refractivity contribution in [3.05, 3.63) is 70.8 Å². The molecule has 0 saturated carbocycles. The predicted molar refractivity (Wildman–Crippen MR) is 85.2 cm³/mol. The Morgan fingerprint density at radius 2 is 1.60 bits per heavy atom. The van der Waals surface area contributed by atoms with E-state index in [0.29, 0.717) is 5.92 Å². The van der Waals surface area contributed by atoms with Crippen molar-refractivity contribution in [2.45, 2.75) is 39.0 Å². The number of rotatable bonds is 5. The molecule has 1 heteroatoms. The minimum absolute atomic E-state index is 0.179. The second kappa shape index (κ2) is 6.71. The summed E-state index contributed by atoms with van der Waals surface area (Å²) in [7, 11) is 0. The van der Waals surface area contributed by atoms with Gasteiger partial charge in [0.2, 0.25) is 0 Å². The third-order valence-corrected chi connectivity index (χ3v) is 3.86. The highest BCUT2D eigenvalue weighted by Crippen LogP contribution is 2.23. The Labute approximate surface area is 122 Å². The van der Waals surface area contributed by atoms with Crippen LogP contribution in [-0.2, 0) is 6.42 Å². The Morgan fingerprint density at radius 1 is 0.950 bits per heavy atom. The average Bonchev–Trinajstić information content (AvgIpc) is 2.45. The van der Waals surface area contributed by atoms with Gasteiger partial charge in [-0.05, 0) is 36.0 Å². The number of benzene rings is 2. The number of hydrogen-bond acceptors (Lipinski definition) is 1.